The van der Waals surface area contributed by atoms with Gasteiger partial charge in [-0.15, -0.1) is 6.42 Å². The van der Waals surface area contributed by atoms with Gasteiger partial charge in [0, 0.05) is 24.4 Å². The van der Waals surface area contributed by atoms with Gasteiger partial charge in [-0.3, -0.25) is 4.98 Å². The van der Waals surface area contributed by atoms with E-state index in [-0.39, 0.29) is 0 Å². The highest BCUT2D eigenvalue weighted by molar-refractivity contribution is 7.98. The van der Waals surface area contributed by atoms with Gasteiger partial charge in [0.15, 0.2) is 0 Å². The van der Waals surface area contributed by atoms with Crippen molar-refractivity contribution in [2.45, 2.75) is 13.3 Å². The van der Waals surface area contributed by atoms with Crippen LogP contribution in [0.1, 0.15) is 12.1 Å². The number of thiocarbonyl (C=S) groups is 1. The van der Waals surface area contributed by atoms with Crippen molar-refractivity contribution < 1.29 is 0 Å². The Balaban J connectivity index is 2.31. The van der Waals surface area contributed by atoms with Gasteiger partial charge in [-0.05, 0) is 31.1 Å². The average molecular weight is 348 g/mol. The normalized spacial score (nSPS) is 10.2. The number of hydrogen-bond donors (Lipinski definition) is 0. The summed E-state index contributed by atoms with van der Waals surface area (Å²) in [7, 11) is 0. The Morgan fingerprint density at radius 2 is 2.36 bits per heavy atom. The molecule has 2 aromatic rings. The molecule has 0 radical (unpaired) electrons. The largest absolute Gasteiger partial charge is 0.314 e. The van der Waals surface area contributed by atoms with E-state index in [0.29, 0.717) is 6.54 Å². The van der Waals surface area contributed by atoms with E-state index in [0.717, 1.165) is 38.4 Å². The minimum Gasteiger partial charge on any atom is -0.314 e. The molecule has 0 aliphatic heterocycles. The number of aryl methyl sites for hydroxylation is 1. The van der Waals surface area contributed by atoms with Crippen molar-refractivity contribution in [2.75, 3.05) is 23.5 Å². The predicted octanol–water partition coefficient (Wildman–Crippen LogP) is 4.03. The van der Waals surface area contributed by atoms with E-state index in [1.165, 1.54) is 0 Å². The zero-order chi connectivity index (χ0) is 15.9. The van der Waals surface area contributed by atoms with E-state index in [9.17, 15) is 0 Å². The number of pyridine rings is 1. The molecule has 0 saturated carbocycles. The summed E-state index contributed by atoms with van der Waals surface area (Å²) in [4.78, 5) is 11.7. The van der Waals surface area contributed by atoms with Crippen LogP contribution in [0.5, 0.6) is 0 Å². The van der Waals surface area contributed by atoms with Crippen molar-refractivity contribution in [3.05, 3.63) is 30.2 Å². The molecule has 6 heteroatoms. The van der Waals surface area contributed by atoms with E-state index < -0.39 is 0 Å². The minimum absolute atomic E-state index is 0.475. The van der Waals surface area contributed by atoms with Gasteiger partial charge in [0.05, 0.1) is 17.2 Å². The minimum atomic E-state index is 0.475. The first-order chi connectivity index (χ1) is 10.7. The van der Waals surface area contributed by atoms with Gasteiger partial charge in [-0.1, -0.05) is 29.5 Å². The van der Waals surface area contributed by atoms with Gasteiger partial charge in [0.1, 0.15) is 10.0 Å². The fourth-order valence-corrected chi connectivity index (χ4v) is 3.87. The third-order valence-corrected chi connectivity index (χ3v) is 5.26. The molecule has 2 aromatic heterocycles. The molecule has 3 nitrogen and oxygen atoms in total. The summed E-state index contributed by atoms with van der Waals surface area (Å²) in [6.45, 7) is 2.47. The van der Waals surface area contributed by atoms with E-state index in [4.69, 9.17) is 18.6 Å². The van der Waals surface area contributed by atoms with Crippen molar-refractivity contribution in [1.29, 1.82) is 0 Å². The monoisotopic (exact) mass is 347 g/mol. The molecule has 0 aliphatic carbocycles. The molecule has 0 unspecified atom stereocenters. The van der Waals surface area contributed by atoms with Crippen LogP contribution < -0.4 is 4.90 Å². The average Bonchev–Trinajstić information content (AvgIpc) is 2.93. The van der Waals surface area contributed by atoms with Crippen LogP contribution in [0.2, 0.25) is 0 Å². The van der Waals surface area contributed by atoms with E-state index in [2.05, 4.69) is 22.1 Å². The summed E-state index contributed by atoms with van der Waals surface area (Å²) in [5, 5.41) is 1.97. The van der Waals surface area contributed by atoms with Gasteiger partial charge >= 0.3 is 0 Å². The molecule has 0 aromatic carbocycles. The molecule has 0 fully saturated rings. The SMILES string of the molecule is C#CCN(C(=S)CCSC)c1sc(-c2cccnc2)nc1C. The Hall–Kier alpha value is -1.42. The Morgan fingerprint density at radius 3 is 3.00 bits per heavy atom. The van der Waals surface area contributed by atoms with Gasteiger partial charge in [-0.25, -0.2) is 4.98 Å². The van der Waals surface area contributed by atoms with Crippen LogP contribution in [0.25, 0.3) is 10.6 Å². The molecule has 2 heterocycles. The highest BCUT2D eigenvalue weighted by atomic mass is 32.2. The molecular formula is C16H17N3S3. The second-order valence-corrected chi connectivity index (χ2v) is 7.01. The summed E-state index contributed by atoms with van der Waals surface area (Å²) in [6.07, 6.45) is 12.0. The van der Waals surface area contributed by atoms with Crippen molar-refractivity contribution in [2.24, 2.45) is 0 Å². The number of thiazole rings is 1. The van der Waals surface area contributed by atoms with Crippen LogP contribution in [0.15, 0.2) is 24.5 Å². The van der Waals surface area contributed by atoms with E-state index in [1.54, 1.807) is 29.3 Å². The quantitative estimate of drug-likeness (QED) is 0.581. The maximum absolute atomic E-state index is 5.56. The highest BCUT2D eigenvalue weighted by Gasteiger charge is 2.18. The van der Waals surface area contributed by atoms with E-state index in [1.807, 2.05) is 30.2 Å². The molecule has 0 bridgehead atoms. The molecule has 0 saturated heterocycles. The summed E-state index contributed by atoms with van der Waals surface area (Å²) >= 11 is 8.95. The fraction of sp³-hybridized carbons (Fsp3) is 0.312. The molecule has 0 amide bonds. The molecule has 22 heavy (non-hydrogen) atoms. The number of nitrogens with zero attached hydrogens (tertiary/aromatic N) is 3. The lowest BCUT2D eigenvalue weighted by Gasteiger charge is -2.21. The summed E-state index contributed by atoms with van der Waals surface area (Å²) in [6, 6.07) is 3.92. The smallest absolute Gasteiger partial charge is 0.127 e. The molecule has 0 atom stereocenters. The topological polar surface area (TPSA) is 29.0 Å². The number of aromatic nitrogens is 2. The zero-order valence-electron chi connectivity index (χ0n) is 12.6. The molecule has 114 valence electrons. The van der Waals surface area contributed by atoms with Gasteiger partial charge in [0.2, 0.25) is 0 Å². The van der Waals surface area contributed by atoms with Crippen molar-refractivity contribution in [1.82, 2.24) is 9.97 Å². The number of hydrogen-bond acceptors (Lipinski definition) is 5. The Bertz CT molecular complexity index is 674. The Morgan fingerprint density at radius 1 is 1.55 bits per heavy atom. The standard InChI is InChI=1S/C16H17N3S3/c1-4-9-19(14(20)7-10-21-3)16-12(2)18-15(22-16)13-6-5-8-17-11-13/h1,5-6,8,11H,7,9-10H2,2-3H3. The second-order valence-electron chi connectivity index (χ2n) is 4.58. The first-order valence-corrected chi connectivity index (χ1v) is 9.39. The Kier molecular flexibility index (Phi) is 6.37. The van der Waals surface area contributed by atoms with Gasteiger partial charge in [-0.2, -0.15) is 11.8 Å². The first kappa shape index (κ1) is 16.9. The predicted molar refractivity (Wildman–Crippen MR) is 102 cm³/mol. The molecule has 2 rings (SSSR count). The van der Waals surface area contributed by atoms with Crippen LogP contribution in [0, 0.1) is 19.3 Å². The highest BCUT2D eigenvalue weighted by Crippen LogP contribution is 2.34. The number of anilines is 1. The summed E-state index contributed by atoms with van der Waals surface area (Å²) in [5.74, 6) is 3.69. The van der Waals surface area contributed by atoms with Crippen LogP contribution in [-0.2, 0) is 0 Å². The van der Waals surface area contributed by atoms with Crippen LogP contribution >= 0.6 is 35.3 Å². The van der Waals surface area contributed by atoms with Crippen molar-refractivity contribution in [3.63, 3.8) is 0 Å². The van der Waals surface area contributed by atoms with Crippen LogP contribution in [0.4, 0.5) is 5.00 Å². The number of thioether (sulfide) groups is 1. The zero-order valence-corrected chi connectivity index (χ0v) is 15.0. The van der Waals surface area contributed by atoms with Crippen molar-refractivity contribution in [3.8, 4) is 22.9 Å². The lowest BCUT2D eigenvalue weighted by Crippen LogP contribution is -2.29. The van der Waals surface area contributed by atoms with Gasteiger partial charge < -0.3 is 4.90 Å². The second kappa shape index (κ2) is 8.28. The molecular weight excluding hydrogens is 330 g/mol. The molecule has 0 N–H and O–H groups in total. The summed E-state index contributed by atoms with van der Waals surface area (Å²) in [5.41, 5.74) is 1.96. The number of rotatable bonds is 6. The first-order valence-electron chi connectivity index (χ1n) is 6.78. The molecule has 0 spiro atoms. The van der Waals surface area contributed by atoms with Crippen LogP contribution in [0.3, 0.4) is 0 Å². The van der Waals surface area contributed by atoms with E-state index >= 15 is 0 Å². The van der Waals surface area contributed by atoms with Crippen molar-refractivity contribution >= 4 is 45.3 Å². The third-order valence-electron chi connectivity index (χ3n) is 3.00. The number of terminal acetylenes is 1. The van der Waals surface area contributed by atoms with Crippen LogP contribution in [-0.4, -0.2) is 33.5 Å². The van der Waals surface area contributed by atoms with Gasteiger partial charge in [0.25, 0.3) is 0 Å². The fourth-order valence-electron chi connectivity index (χ4n) is 1.94. The maximum Gasteiger partial charge on any atom is 0.127 e. The Labute approximate surface area is 145 Å². The lowest BCUT2D eigenvalue weighted by atomic mass is 10.3. The summed E-state index contributed by atoms with van der Waals surface area (Å²) < 4.78 is 0. The molecule has 0 aliphatic rings. The lowest BCUT2D eigenvalue weighted by molar-refractivity contribution is 1.12. The maximum atomic E-state index is 5.56. The third kappa shape index (κ3) is 4.07.